The standard InChI is InChI=1S/C12H16F3NO/c1-9-4-5-10(16(2)6-7-17-3)8-11(9)12(13,14)15/h4-5,8H,6-7H2,1-3H3. The van der Waals surface area contributed by atoms with Gasteiger partial charge in [-0.1, -0.05) is 6.07 Å². The van der Waals surface area contributed by atoms with Gasteiger partial charge in [0.1, 0.15) is 0 Å². The van der Waals surface area contributed by atoms with Gasteiger partial charge in [0.25, 0.3) is 0 Å². The second-order valence-corrected chi connectivity index (χ2v) is 3.91. The van der Waals surface area contributed by atoms with Crippen LogP contribution in [-0.2, 0) is 10.9 Å². The Morgan fingerprint density at radius 2 is 1.94 bits per heavy atom. The molecule has 0 spiro atoms. The Labute approximate surface area is 99.0 Å². The Morgan fingerprint density at radius 1 is 1.29 bits per heavy atom. The maximum absolute atomic E-state index is 12.7. The number of rotatable bonds is 4. The van der Waals surface area contributed by atoms with Crippen molar-refractivity contribution in [2.24, 2.45) is 0 Å². The maximum Gasteiger partial charge on any atom is 0.416 e. The zero-order chi connectivity index (χ0) is 13.1. The minimum Gasteiger partial charge on any atom is -0.383 e. The van der Waals surface area contributed by atoms with Gasteiger partial charge in [-0.05, 0) is 24.6 Å². The molecule has 0 amide bonds. The molecule has 0 unspecified atom stereocenters. The third-order valence-corrected chi connectivity index (χ3v) is 2.60. The number of methoxy groups -OCH3 is 1. The fourth-order valence-corrected chi connectivity index (χ4v) is 1.51. The van der Waals surface area contributed by atoms with Crippen LogP contribution >= 0.6 is 0 Å². The van der Waals surface area contributed by atoms with Gasteiger partial charge < -0.3 is 9.64 Å². The summed E-state index contributed by atoms with van der Waals surface area (Å²) in [5, 5.41) is 0. The second-order valence-electron chi connectivity index (χ2n) is 3.91. The highest BCUT2D eigenvalue weighted by molar-refractivity contribution is 5.51. The zero-order valence-electron chi connectivity index (χ0n) is 10.1. The van der Waals surface area contributed by atoms with Crippen molar-refractivity contribution in [2.75, 3.05) is 32.2 Å². The van der Waals surface area contributed by atoms with Crippen LogP contribution in [0.5, 0.6) is 0 Å². The van der Waals surface area contributed by atoms with Gasteiger partial charge in [0.05, 0.1) is 12.2 Å². The molecule has 0 aromatic heterocycles. The normalized spacial score (nSPS) is 11.6. The summed E-state index contributed by atoms with van der Waals surface area (Å²) in [5.74, 6) is 0. The molecule has 96 valence electrons. The number of aryl methyl sites for hydroxylation is 1. The van der Waals surface area contributed by atoms with Crippen molar-refractivity contribution in [1.29, 1.82) is 0 Å². The zero-order valence-corrected chi connectivity index (χ0v) is 10.1. The van der Waals surface area contributed by atoms with Gasteiger partial charge in [-0.25, -0.2) is 0 Å². The minimum atomic E-state index is -4.30. The van der Waals surface area contributed by atoms with E-state index in [1.54, 1.807) is 25.1 Å². The molecule has 0 aliphatic carbocycles. The highest BCUT2D eigenvalue weighted by Crippen LogP contribution is 2.34. The molecule has 0 heterocycles. The molecule has 0 bridgehead atoms. The van der Waals surface area contributed by atoms with Crippen molar-refractivity contribution < 1.29 is 17.9 Å². The first-order valence-electron chi connectivity index (χ1n) is 5.24. The molecule has 1 rings (SSSR count). The van der Waals surface area contributed by atoms with Crippen LogP contribution in [0.4, 0.5) is 18.9 Å². The Balaban J connectivity index is 2.96. The number of alkyl halides is 3. The van der Waals surface area contributed by atoms with E-state index in [2.05, 4.69) is 0 Å². The smallest absolute Gasteiger partial charge is 0.383 e. The summed E-state index contributed by atoms with van der Waals surface area (Å²) in [6, 6.07) is 4.34. The van der Waals surface area contributed by atoms with Crippen molar-refractivity contribution in [1.82, 2.24) is 0 Å². The number of hydrogen-bond donors (Lipinski definition) is 0. The summed E-state index contributed by atoms with van der Waals surface area (Å²) >= 11 is 0. The minimum absolute atomic E-state index is 0.237. The number of likely N-dealkylation sites (N-methyl/N-ethyl adjacent to an activating group) is 1. The fraction of sp³-hybridized carbons (Fsp3) is 0.500. The van der Waals surface area contributed by atoms with Gasteiger partial charge in [-0.3, -0.25) is 0 Å². The summed E-state index contributed by atoms with van der Waals surface area (Å²) in [5.41, 5.74) is 0.195. The first kappa shape index (κ1) is 13.8. The lowest BCUT2D eigenvalue weighted by molar-refractivity contribution is -0.138. The lowest BCUT2D eigenvalue weighted by Crippen LogP contribution is -2.22. The average Bonchev–Trinajstić information content (AvgIpc) is 2.25. The summed E-state index contributed by atoms with van der Waals surface area (Å²) in [4.78, 5) is 1.73. The third-order valence-electron chi connectivity index (χ3n) is 2.60. The molecular weight excluding hydrogens is 231 g/mol. The van der Waals surface area contributed by atoms with E-state index in [0.717, 1.165) is 0 Å². The fourth-order valence-electron chi connectivity index (χ4n) is 1.51. The van der Waals surface area contributed by atoms with Crippen molar-refractivity contribution in [3.63, 3.8) is 0 Å². The van der Waals surface area contributed by atoms with E-state index in [4.69, 9.17) is 4.74 Å². The lowest BCUT2D eigenvalue weighted by Gasteiger charge is -2.21. The highest BCUT2D eigenvalue weighted by atomic mass is 19.4. The number of nitrogens with zero attached hydrogens (tertiary/aromatic N) is 1. The van der Waals surface area contributed by atoms with Crippen LogP contribution in [0.3, 0.4) is 0 Å². The van der Waals surface area contributed by atoms with Crippen LogP contribution in [0.1, 0.15) is 11.1 Å². The average molecular weight is 247 g/mol. The summed E-state index contributed by atoms with van der Waals surface area (Å²) in [7, 11) is 3.30. The largest absolute Gasteiger partial charge is 0.416 e. The number of benzene rings is 1. The predicted octanol–water partition coefficient (Wildman–Crippen LogP) is 3.10. The van der Waals surface area contributed by atoms with Crippen molar-refractivity contribution in [3.8, 4) is 0 Å². The molecule has 0 N–H and O–H groups in total. The van der Waals surface area contributed by atoms with Gasteiger partial charge in [0, 0.05) is 26.4 Å². The Hall–Kier alpha value is -1.23. The maximum atomic E-state index is 12.7. The number of ether oxygens (including phenoxy) is 1. The van der Waals surface area contributed by atoms with E-state index in [-0.39, 0.29) is 5.56 Å². The van der Waals surface area contributed by atoms with Crippen LogP contribution in [0.25, 0.3) is 0 Å². The molecule has 17 heavy (non-hydrogen) atoms. The van der Waals surface area contributed by atoms with Gasteiger partial charge in [0.2, 0.25) is 0 Å². The van der Waals surface area contributed by atoms with Crippen LogP contribution in [0.15, 0.2) is 18.2 Å². The van der Waals surface area contributed by atoms with Crippen LogP contribution in [-0.4, -0.2) is 27.3 Å². The van der Waals surface area contributed by atoms with Crippen molar-refractivity contribution >= 4 is 5.69 Å². The molecule has 0 atom stereocenters. The van der Waals surface area contributed by atoms with E-state index < -0.39 is 11.7 Å². The first-order valence-corrected chi connectivity index (χ1v) is 5.24. The summed E-state index contributed by atoms with van der Waals surface area (Å²) < 4.78 is 43.0. The Bertz CT molecular complexity index is 377. The van der Waals surface area contributed by atoms with Gasteiger partial charge >= 0.3 is 6.18 Å². The number of hydrogen-bond acceptors (Lipinski definition) is 2. The van der Waals surface area contributed by atoms with Gasteiger partial charge in [-0.15, -0.1) is 0 Å². The van der Waals surface area contributed by atoms with Crippen molar-refractivity contribution in [2.45, 2.75) is 13.1 Å². The van der Waals surface area contributed by atoms with E-state index in [1.165, 1.54) is 19.1 Å². The van der Waals surface area contributed by atoms with Crippen molar-refractivity contribution in [3.05, 3.63) is 29.3 Å². The van der Waals surface area contributed by atoms with Crippen LogP contribution < -0.4 is 4.90 Å². The lowest BCUT2D eigenvalue weighted by atomic mass is 10.1. The first-order chi connectivity index (χ1) is 7.86. The summed E-state index contributed by atoms with van der Waals surface area (Å²) in [6.45, 7) is 2.49. The predicted molar refractivity (Wildman–Crippen MR) is 61.3 cm³/mol. The molecule has 1 aromatic carbocycles. The molecular formula is C12H16F3NO. The Morgan fingerprint density at radius 3 is 2.47 bits per heavy atom. The Kier molecular flexibility index (Phi) is 4.40. The molecule has 0 radical (unpaired) electrons. The second kappa shape index (κ2) is 5.40. The van der Waals surface area contributed by atoms with Crippen LogP contribution in [0.2, 0.25) is 0 Å². The third kappa shape index (κ3) is 3.63. The monoisotopic (exact) mass is 247 g/mol. The number of halogens is 3. The molecule has 1 aromatic rings. The molecule has 0 saturated carbocycles. The quantitative estimate of drug-likeness (QED) is 0.810. The summed E-state index contributed by atoms with van der Waals surface area (Å²) in [6.07, 6.45) is -4.30. The van der Waals surface area contributed by atoms with Gasteiger partial charge in [0.15, 0.2) is 0 Å². The number of anilines is 1. The van der Waals surface area contributed by atoms with E-state index in [0.29, 0.717) is 18.8 Å². The van der Waals surface area contributed by atoms with Gasteiger partial charge in [-0.2, -0.15) is 13.2 Å². The molecule has 0 saturated heterocycles. The molecule has 0 aliphatic rings. The van der Waals surface area contributed by atoms with Crippen LogP contribution in [0, 0.1) is 6.92 Å². The SMILES string of the molecule is COCCN(C)c1ccc(C)c(C(F)(F)F)c1. The van der Waals surface area contributed by atoms with E-state index in [9.17, 15) is 13.2 Å². The topological polar surface area (TPSA) is 12.5 Å². The van der Waals surface area contributed by atoms with E-state index in [1.807, 2.05) is 0 Å². The highest BCUT2D eigenvalue weighted by Gasteiger charge is 2.32. The molecule has 0 fully saturated rings. The molecule has 5 heteroatoms. The van der Waals surface area contributed by atoms with E-state index >= 15 is 0 Å². The molecule has 0 aliphatic heterocycles. The molecule has 2 nitrogen and oxygen atoms in total.